The van der Waals surface area contributed by atoms with E-state index in [1.165, 1.54) is 10.7 Å². The van der Waals surface area contributed by atoms with Gasteiger partial charge in [-0.2, -0.15) is 5.10 Å². The summed E-state index contributed by atoms with van der Waals surface area (Å²) in [5.41, 5.74) is 2.90. The zero-order chi connectivity index (χ0) is 21.0. The zero-order valence-electron chi connectivity index (χ0n) is 17.0. The fraction of sp³-hybridized carbons (Fsp3) is 0.261. The summed E-state index contributed by atoms with van der Waals surface area (Å²) in [4.78, 5) is 25.2. The van der Waals surface area contributed by atoms with Gasteiger partial charge in [0.25, 0.3) is 5.56 Å². The van der Waals surface area contributed by atoms with E-state index >= 15 is 0 Å². The minimum absolute atomic E-state index is 0.265. The van der Waals surface area contributed by atoms with Crippen molar-refractivity contribution in [2.75, 3.05) is 12.4 Å². The molecule has 0 saturated heterocycles. The molecule has 6 nitrogen and oxygen atoms in total. The van der Waals surface area contributed by atoms with Gasteiger partial charge in [-0.05, 0) is 54.8 Å². The number of hydrogen-bond donors (Lipinski definition) is 1. The van der Waals surface area contributed by atoms with Crippen LogP contribution in [0, 0.1) is 0 Å². The predicted octanol–water partition coefficient (Wildman–Crippen LogP) is 4.24. The number of nitrogens with zero attached hydrogens (tertiary/aromatic N) is 2. The Balaban J connectivity index is 1.87. The van der Waals surface area contributed by atoms with Gasteiger partial charge in [0.05, 0.1) is 12.8 Å². The largest absolute Gasteiger partial charge is 0.497 e. The van der Waals surface area contributed by atoms with E-state index in [4.69, 9.17) is 4.74 Å². The molecule has 1 N–H and O–H groups in total. The van der Waals surface area contributed by atoms with Crippen molar-refractivity contribution in [2.45, 2.75) is 32.7 Å². The molecule has 0 fully saturated rings. The van der Waals surface area contributed by atoms with Crippen molar-refractivity contribution in [3.63, 3.8) is 0 Å². The topological polar surface area (TPSA) is 73.2 Å². The predicted molar refractivity (Wildman–Crippen MR) is 114 cm³/mol. The summed E-state index contributed by atoms with van der Waals surface area (Å²) in [5, 5.41) is 7.36. The number of rotatable bonds is 6. The summed E-state index contributed by atoms with van der Waals surface area (Å²) in [6, 6.07) is 17.4. The molecule has 150 valence electrons. The molecule has 0 bridgehead atoms. The molecule has 0 radical (unpaired) electrons. The van der Waals surface area contributed by atoms with Crippen LogP contribution in [0.3, 0.4) is 0 Å². The van der Waals surface area contributed by atoms with Crippen LogP contribution in [0.2, 0.25) is 0 Å². The van der Waals surface area contributed by atoms with Crippen LogP contribution >= 0.6 is 0 Å². The van der Waals surface area contributed by atoms with E-state index in [1.807, 2.05) is 48.5 Å². The van der Waals surface area contributed by atoms with Crippen LogP contribution in [0.15, 0.2) is 65.5 Å². The van der Waals surface area contributed by atoms with Gasteiger partial charge in [-0.1, -0.05) is 32.0 Å². The van der Waals surface area contributed by atoms with Gasteiger partial charge in [-0.15, -0.1) is 0 Å². The normalized spacial score (nSPS) is 11.9. The Kier molecular flexibility index (Phi) is 6.12. The summed E-state index contributed by atoms with van der Waals surface area (Å²) in [5.74, 6) is 0.708. The molecule has 1 aromatic heterocycles. The molecule has 1 atom stereocenters. The first-order valence-corrected chi connectivity index (χ1v) is 9.54. The fourth-order valence-corrected chi connectivity index (χ4v) is 3.08. The Morgan fingerprint density at radius 3 is 2.34 bits per heavy atom. The van der Waals surface area contributed by atoms with E-state index in [9.17, 15) is 9.59 Å². The van der Waals surface area contributed by atoms with Gasteiger partial charge in [-0.3, -0.25) is 9.59 Å². The standard InChI is InChI=1S/C23H25N3O3/c1-15(2)19-7-5-6-8-21(19)24-23(28)16(3)26-22(27)14-13-20(25-26)17-9-11-18(29-4)12-10-17/h5-16H,1-4H3,(H,24,28). The molecule has 1 heterocycles. The number of benzene rings is 2. The third kappa shape index (κ3) is 4.54. The molecule has 6 heteroatoms. The molecule has 1 amide bonds. The van der Waals surface area contributed by atoms with Crippen molar-refractivity contribution in [3.8, 4) is 17.0 Å². The number of carbonyl (C=O) groups excluding carboxylic acids is 1. The van der Waals surface area contributed by atoms with E-state index in [-0.39, 0.29) is 17.4 Å². The lowest BCUT2D eigenvalue weighted by Crippen LogP contribution is -2.33. The number of ether oxygens (including phenoxy) is 1. The van der Waals surface area contributed by atoms with Gasteiger partial charge in [0.15, 0.2) is 0 Å². The van der Waals surface area contributed by atoms with Crippen LogP contribution in [0.4, 0.5) is 5.69 Å². The number of hydrogen-bond acceptors (Lipinski definition) is 4. The first-order valence-electron chi connectivity index (χ1n) is 9.54. The fourth-order valence-electron chi connectivity index (χ4n) is 3.08. The number of amides is 1. The van der Waals surface area contributed by atoms with Gasteiger partial charge in [-0.25, -0.2) is 4.68 Å². The Bertz CT molecular complexity index is 1060. The lowest BCUT2D eigenvalue weighted by molar-refractivity contribution is -0.119. The Labute approximate surface area is 170 Å². The number of aromatic nitrogens is 2. The van der Waals surface area contributed by atoms with E-state index in [1.54, 1.807) is 20.1 Å². The molecular weight excluding hydrogens is 366 g/mol. The molecule has 2 aromatic carbocycles. The first-order chi connectivity index (χ1) is 13.9. The van der Waals surface area contributed by atoms with Gasteiger partial charge in [0, 0.05) is 17.3 Å². The number of carbonyl (C=O) groups is 1. The van der Waals surface area contributed by atoms with Crippen molar-refractivity contribution < 1.29 is 9.53 Å². The second kappa shape index (κ2) is 8.73. The maximum absolute atomic E-state index is 12.8. The monoisotopic (exact) mass is 391 g/mol. The summed E-state index contributed by atoms with van der Waals surface area (Å²) in [6.07, 6.45) is 0. The summed E-state index contributed by atoms with van der Waals surface area (Å²) >= 11 is 0. The molecule has 0 aliphatic carbocycles. The van der Waals surface area contributed by atoms with Crippen LogP contribution in [0.1, 0.15) is 38.3 Å². The Morgan fingerprint density at radius 1 is 1.00 bits per heavy atom. The molecule has 0 aliphatic rings. The van der Waals surface area contributed by atoms with Crippen LogP contribution in [0.25, 0.3) is 11.3 Å². The third-order valence-corrected chi connectivity index (χ3v) is 4.80. The van der Waals surface area contributed by atoms with E-state index in [0.29, 0.717) is 5.69 Å². The highest BCUT2D eigenvalue weighted by Crippen LogP contribution is 2.25. The van der Waals surface area contributed by atoms with Crippen molar-refractivity contribution in [1.82, 2.24) is 9.78 Å². The van der Waals surface area contributed by atoms with Crippen molar-refractivity contribution in [2.24, 2.45) is 0 Å². The number of anilines is 1. The number of nitrogens with one attached hydrogen (secondary N) is 1. The smallest absolute Gasteiger partial charge is 0.267 e. The Morgan fingerprint density at radius 2 is 1.69 bits per heavy atom. The first kappa shape index (κ1) is 20.3. The second-order valence-corrected chi connectivity index (χ2v) is 7.14. The molecule has 29 heavy (non-hydrogen) atoms. The van der Waals surface area contributed by atoms with Crippen LogP contribution in [0.5, 0.6) is 5.75 Å². The van der Waals surface area contributed by atoms with Gasteiger partial charge < -0.3 is 10.1 Å². The molecule has 0 aliphatic heterocycles. The molecule has 3 aromatic rings. The van der Waals surface area contributed by atoms with E-state index < -0.39 is 6.04 Å². The Hall–Kier alpha value is -3.41. The molecule has 0 spiro atoms. The molecular formula is C23H25N3O3. The van der Waals surface area contributed by atoms with Crippen LogP contribution < -0.4 is 15.6 Å². The summed E-state index contributed by atoms with van der Waals surface area (Å²) in [6.45, 7) is 5.80. The maximum atomic E-state index is 12.8. The van der Waals surface area contributed by atoms with E-state index in [2.05, 4.69) is 24.3 Å². The number of methoxy groups -OCH3 is 1. The summed E-state index contributed by atoms with van der Waals surface area (Å²) < 4.78 is 6.39. The van der Waals surface area contributed by atoms with Gasteiger partial charge in [0.2, 0.25) is 5.91 Å². The lowest BCUT2D eigenvalue weighted by Gasteiger charge is -2.18. The highest BCUT2D eigenvalue weighted by atomic mass is 16.5. The average molecular weight is 391 g/mol. The molecule has 3 rings (SSSR count). The molecule has 0 saturated carbocycles. The number of para-hydroxylation sites is 1. The van der Waals surface area contributed by atoms with Crippen molar-refractivity contribution in [1.29, 1.82) is 0 Å². The maximum Gasteiger partial charge on any atom is 0.267 e. The SMILES string of the molecule is COc1ccc(-c2ccc(=O)n(C(C)C(=O)Nc3ccccc3C(C)C)n2)cc1. The van der Waals surface area contributed by atoms with Crippen LogP contribution in [-0.4, -0.2) is 22.8 Å². The highest BCUT2D eigenvalue weighted by molar-refractivity contribution is 5.94. The lowest BCUT2D eigenvalue weighted by atomic mass is 10.0. The van der Waals surface area contributed by atoms with Gasteiger partial charge in [0.1, 0.15) is 11.8 Å². The van der Waals surface area contributed by atoms with E-state index in [0.717, 1.165) is 22.6 Å². The van der Waals surface area contributed by atoms with Crippen molar-refractivity contribution in [3.05, 3.63) is 76.6 Å². The second-order valence-electron chi connectivity index (χ2n) is 7.14. The summed E-state index contributed by atoms with van der Waals surface area (Å²) in [7, 11) is 1.60. The minimum atomic E-state index is -0.763. The third-order valence-electron chi connectivity index (χ3n) is 4.80. The van der Waals surface area contributed by atoms with Crippen LogP contribution in [-0.2, 0) is 4.79 Å². The highest BCUT2D eigenvalue weighted by Gasteiger charge is 2.19. The average Bonchev–Trinajstić information content (AvgIpc) is 2.74. The van der Waals surface area contributed by atoms with Crippen molar-refractivity contribution >= 4 is 11.6 Å². The minimum Gasteiger partial charge on any atom is -0.497 e. The quantitative estimate of drug-likeness (QED) is 0.682. The van der Waals surface area contributed by atoms with Gasteiger partial charge >= 0.3 is 0 Å². The zero-order valence-corrected chi connectivity index (χ0v) is 17.0. The molecule has 1 unspecified atom stereocenters.